The van der Waals surface area contributed by atoms with Crippen molar-refractivity contribution in [2.45, 2.75) is 39.0 Å². The maximum absolute atomic E-state index is 11.9. The minimum absolute atomic E-state index is 0.0634. The molecular weight excluding hydrogens is 240 g/mol. The molecule has 1 aromatic rings. The van der Waals surface area contributed by atoms with E-state index in [4.69, 9.17) is 0 Å². The van der Waals surface area contributed by atoms with Gasteiger partial charge in [-0.3, -0.25) is 9.78 Å². The Morgan fingerprint density at radius 1 is 1.42 bits per heavy atom. The lowest BCUT2D eigenvalue weighted by molar-refractivity contribution is 0.0947. The summed E-state index contributed by atoms with van der Waals surface area (Å²) in [4.78, 5) is 15.6. The van der Waals surface area contributed by atoms with Gasteiger partial charge in [0, 0.05) is 12.7 Å². The summed E-state index contributed by atoms with van der Waals surface area (Å²) in [5.74, 6) is 1.32. The molecule has 2 N–H and O–H groups in total. The van der Waals surface area contributed by atoms with Gasteiger partial charge >= 0.3 is 0 Å². The maximum atomic E-state index is 11.9. The number of nitrogens with zero attached hydrogens (tertiary/aromatic N) is 1. The number of pyridine rings is 1. The third-order valence-electron chi connectivity index (χ3n) is 4.02. The van der Waals surface area contributed by atoms with Gasteiger partial charge in [-0.05, 0) is 24.3 Å². The Bertz CT molecular complexity index is 426. The van der Waals surface area contributed by atoms with Gasteiger partial charge in [-0.15, -0.1) is 0 Å². The van der Waals surface area contributed by atoms with Crippen molar-refractivity contribution in [1.29, 1.82) is 0 Å². The molecule has 1 heterocycles. The van der Waals surface area contributed by atoms with E-state index >= 15 is 0 Å². The highest BCUT2D eigenvalue weighted by atomic mass is 16.3. The van der Waals surface area contributed by atoms with Crippen molar-refractivity contribution in [3.8, 4) is 5.75 Å². The summed E-state index contributed by atoms with van der Waals surface area (Å²) < 4.78 is 0. The lowest BCUT2D eigenvalue weighted by Gasteiger charge is -2.26. The highest BCUT2D eigenvalue weighted by Crippen LogP contribution is 2.29. The third kappa shape index (κ3) is 3.94. The fraction of sp³-hybridized carbons (Fsp3) is 0.600. The van der Waals surface area contributed by atoms with Crippen LogP contribution in [0.25, 0.3) is 0 Å². The van der Waals surface area contributed by atoms with Gasteiger partial charge in [-0.2, -0.15) is 0 Å². The summed E-state index contributed by atoms with van der Waals surface area (Å²) >= 11 is 0. The first-order valence-electron chi connectivity index (χ1n) is 7.08. The topological polar surface area (TPSA) is 62.2 Å². The Morgan fingerprint density at radius 2 is 2.16 bits per heavy atom. The summed E-state index contributed by atoms with van der Waals surface area (Å²) in [6, 6.07) is 1.53. The number of hydrogen-bond acceptors (Lipinski definition) is 3. The summed E-state index contributed by atoms with van der Waals surface area (Å²) in [7, 11) is 0. The minimum atomic E-state index is -0.218. The van der Waals surface area contributed by atoms with Crippen LogP contribution in [0, 0.1) is 11.8 Å². The molecule has 1 fully saturated rings. The van der Waals surface area contributed by atoms with Crippen molar-refractivity contribution in [3.63, 3.8) is 0 Å². The highest BCUT2D eigenvalue weighted by Gasteiger charge is 2.18. The number of nitrogens with one attached hydrogen (secondary N) is 1. The largest absolute Gasteiger partial charge is 0.505 e. The Labute approximate surface area is 114 Å². The van der Waals surface area contributed by atoms with E-state index in [-0.39, 0.29) is 11.7 Å². The SMILES string of the molecule is CC1CCC(CCNC(=O)c2ccncc2O)CC1. The molecular formula is C15H22N2O2. The Balaban J connectivity index is 1.74. The molecule has 1 amide bonds. The van der Waals surface area contributed by atoms with Gasteiger partial charge in [0.1, 0.15) is 5.75 Å². The van der Waals surface area contributed by atoms with Gasteiger partial charge in [0.05, 0.1) is 11.8 Å². The maximum Gasteiger partial charge on any atom is 0.255 e. The molecule has 0 aliphatic heterocycles. The van der Waals surface area contributed by atoms with Crippen molar-refractivity contribution in [3.05, 3.63) is 24.0 Å². The second-order valence-corrected chi connectivity index (χ2v) is 5.56. The molecule has 0 unspecified atom stereocenters. The van der Waals surface area contributed by atoms with Gasteiger partial charge in [0.25, 0.3) is 5.91 Å². The van der Waals surface area contributed by atoms with Crippen LogP contribution < -0.4 is 5.32 Å². The normalized spacial score (nSPS) is 23.0. The molecule has 0 bridgehead atoms. The molecule has 2 rings (SSSR count). The van der Waals surface area contributed by atoms with E-state index in [9.17, 15) is 9.90 Å². The summed E-state index contributed by atoms with van der Waals surface area (Å²) in [5, 5.41) is 12.4. The number of hydrogen-bond donors (Lipinski definition) is 2. The molecule has 4 nitrogen and oxygen atoms in total. The Kier molecular flexibility index (Phi) is 4.77. The van der Waals surface area contributed by atoms with Gasteiger partial charge in [0.15, 0.2) is 0 Å². The van der Waals surface area contributed by atoms with Gasteiger partial charge in [0.2, 0.25) is 0 Å². The van der Waals surface area contributed by atoms with Crippen LogP contribution in [0.1, 0.15) is 49.4 Å². The molecule has 4 heteroatoms. The molecule has 19 heavy (non-hydrogen) atoms. The van der Waals surface area contributed by atoms with Crippen LogP contribution in [0.15, 0.2) is 18.5 Å². The lowest BCUT2D eigenvalue weighted by Crippen LogP contribution is -2.27. The quantitative estimate of drug-likeness (QED) is 0.877. The van der Waals surface area contributed by atoms with Crippen LogP contribution in [0.5, 0.6) is 5.75 Å². The first-order valence-corrected chi connectivity index (χ1v) is 7.08. The summed E-state index contributed by atoms with van der Waals surface area (Å²) in [6.07, 6.45) is 9.00. The number of carbonyl (C=O) groups excluding carboxylic acids is 1. The smallest absolute Gasteiger partial charge is 0.255 e. The number of aromatic nitrogens is 1. The zero-order valence-corrected chi connectivity index (χ0v) is 11.4. The number of aromatic hydroxyl groups is 1. The van der Waals surface area contributed by atoms with Crippen LogP contribution in [0.2, 0.25) is 0 Å². The van der Waals surface area contributed by atoms with Crippen LogP contribution in [0.4, 0.5) is 0 Å². The van der Waals surface area contributed by atoms with Crippen molar-refractivity contribution in [2.75, 3.05) is 6.54 Å². The molecule has 0 radical (unpaired) electrons. The molecule has 0 saturated heterocycles. The van der Waals surface area contributed by atoms with Gasteiger partial charge in [-0.25, -0.2) is 0 Å². The summed E-state index contributed by atoms with van der Waals surface area (Å²) in [5.41, 5.74) is 0.298. The molecule has 1 saturated carbocycles. The van der Waals surface area contributed by atoms with E-state index in [2.05, 4.69) is 17.2 Å². The van der Waals surface area contributed by atoms with E-state index < -0.39 is 0 Å². The lowest BCUT2D eigenvalue weighted by atomic mass is 9.81. The number of rotatable bonds is 4. The van der Waals surface area contributed by atoms with E-state index in [1.54, 1.807) is 0 Å². The zero-order chi connectivity index (χ0) is 13.7. The van der Waals surface area contributed by atoms with Crippen LogP contribution >= 0.6 is 0 Å². The standard InChI is InChI=1S/C15H22N2O2/c1-11-2-4-12(5-3-11)6-9-17-15(19)13-7-8-16-10-14(13)18/h7-8,10-12,18H,2-6,9H2,1H3,(H,17,19). The van der Waals surface area contributed by atoms with Crippen LogP contribution in [-0.2, 0) is 0 Å². The van der Waals surface area contributed by atoms with Crippen molar-refractivity contribution < 1.29 is 9.90 Å². The average molecular weight is 262 g/mol. The predicted octanol–water partition coefficient (Wildman–Crippen LogP) is 2.73. The van der Waals surface area contributed by atoms with E-state index in [1.807, 2.05) is 0 Å². The zero-order valence-electron chi connectivity index (χ0n) is 11.4. The first kappa shape index (κ1) is 13.8. The van der Waals surface area contributed by atoms with Crippen molar-refractivity contribution in [2.24, 2.45) is 11.8 Å². The first-order chi connectivity index (χ1) is 9.16. The van der Waals surface area contributed by atoms with E-state index in [0.717, 1.165) is 18.3 Å². The average Bonchev–Trinajstić information content (AvgIpc) is 2.41. The summed E-state index contributed by atoms with van der Waals surface area (Å²) in [6.45, 7) is 2.99. The molecule has 0 spiro atoms. The molecule has 1 aromatic heterocycles. The number of amides is 1. The van der Waals surface area contributed by atoms with Crippen LogP contribution in [0.3, 0.4) is 0 Å². The fourth-order valence-corrected chi connectivity index (χ4v) is 2.68. The second kappa shape index (κ2) is 6.55. The second-order valence-electron chi connectivity index (χ2n) is 5.56. The van der Waals surface area contributed by atoms with Crippen LogP contribution in [-0.4, -0.2) is 22.5 Å². The highest BCUT2D eigenvalue weighted by molar-refractivity contribution is 5.96. The molecule has 0 atom stereocenters. The predicted molar refractivity (Wildman–Crippen MR) is 74.0 cm³/mol. The van der Waals surface area contributed by atoms with E-state index in [0.29, 0.717) is 12.1 Å². The molecule has 104 valence electrons. The Morgan fingerprint density at radius 3 is 2.84 bits per heavy atom. The minimum Gasteiger partial charge on any atom is -0.505 e. The van der Waals surface area contributed by atoms with E-state index in [1.165, 1.54) is 44.1 Å². The van der Waals surface area contributed by atoms with Crippen molar-refractivity contribution in [1.82, 2.24) is 10.3 Å². The fourth-order valence-electron chi connectivity index (χ4n) is 2.68. The third-order valence-corrected chi connectivity index (χ3v) is 4.02. The molecule has 0 aromatic carbocycles. The van der Waals surface area contributed by atoms with Gasteiger partial charge in [-0.1, -0.05) is 32.6 Å². The van der Waals surface area contributed by atoms with Gasteiger partial charge < -0.3 is 10.4 Å². The molecule has 1 aliphatic carbocycles. The monoisotopic (exact) mass is 262 g/mol. The number of carbonyl (C=O) groups is 1. The molecule has 1 aliphatic rings. The van der Waals surface area contributed by atoms with Crippen molar-refractivity contribution >= 4 is 5.91 Å². The Hall–Kier alpha value is -1.58.